The van der Waals surface area contributed by atoms with E-state index in [4.69, 9.17) is 0 Å². The van der Waals surface area contributed by atoms with E-state index < -0.39 is 6.36 Å². The molecule has 0 atom stereocenters. The summed E-state index contributed by atoms with van der Waals surface area (Å²) < 4.78 is 41.0. The summed E-state index contributed by atoms with van der Waals surface area (Å²) in [5.41, 5.74) is 0.905. The normalized spacial score (nSPS) is 15.8. The van der Waals surface area contributed by atoms with Crippen molar-refractivity contribution in [1.82, 2.24) is 4.31 Å². The highest BCUT2D eigenvalue weighted by molar-refractivity contribution is 7.78. The molecule has 3 nitrogen and oxygen atoms in total. The van der Waals surface area contributed by atoms with Crippen LogP contribution in [-0.2, 0) is 6.42 Å². The van der Waals surface area contributed by atoms with E-state index in [9.17, 15) is 18.0 Å². The van der Waals surface area contributed by atoms with E-state index in [-0.39, 0.29) is 11.7 Å². The Hall–Kier alpha value is -1.37. The Morgan fingerprint density at radius 2 is 2.06 bits per heavy atom. The summed E-state index contributed by atoms with van der Waals surface area (Å²) in [7, 11) is 0. The number of carbonyl (C=O) groups is 1. The molecular formula is C10H8F3NO2S. The van der Waals surface area contributed by atoms with Crippen LogP contribution in [0.5, 0.6) is 5.75 Å². The minimum atomic E-state index is -4.72. The van der Waals surface area contributed by atoms with Gasteiger partial charge in [-0.1, -0.05) is 12.8 Å². The third kappa shape index (κ3) is 2.66. The number of fused-ring (bicyclic) bond motifs is 1. The molecule has 0 saturated carbocycles. The number of amides is 1. The molecule has 2 rings (SSSR count). The number of ether oxygens (including phenoxy) is 1. The smallest absolute Gasteiger partial charge is 0.406 e. The van der Waals surface area contributed by atoms with Gasteiger partial charge in [0.1, 0.15) is 5.75 Å². The second-order valence-corrected chi connectivity index (χ2v) is 4.03. The molecule has 1 amide bonds. The molecule has 0 spiro atoms. The molecule has 0 N–H and O–H groups in total. The number of hydrogen-bond donors (Lipinski definition) is 1. The predicted molar refractivity (Wildman–Crippen MR) is 56.9 cm³/mol. The van der Waals surface area contributed by atoms with Gasteiger partial charge in [-0.3, -0.25) is 9.10 Å². The van der Waals surface area contributed by atoms with Crippen molar-refractivity contribution in [3.63, 3.8) is 0 Å². The van der Waals surface area contributed by atoms with Gasteiger partial charge >= 0.3 is 6.36 Å². The van der Waals surface area contributed by atoms with Crippen LogP contribution in [-0.4, -0.2) is 23.1 Å². The molecule has 0 unspecified atom stereocenters. The molecule has 1 aliphatic rings. The number of halogens is 3. The molecule has 0 fully saturated rings. The van der Waals surface area contributed by atoms with Crippen LogP contribution < -0.4 is 4.74 Å². The molecule has 0 aliphatic carbocycles. The molecular weight excluding hydrogens is 255 g/mol. The Kier molecular flexibility index (Phi) is 2.94. The van der Waals surface area contributed by atoms with Crippen molar-refractivity contribution < 1.29 is 22.7 Å². The SMILES string of the molecule is O=C1c2ccc(OC(F)(F)F)cc2CCN1S. The van der Waals surface area contributed by atoms with E-state index in [0.29, 0.717) is 24.1 Å². The zero-order valence-electron chi connectivity index (χ0n) is 8.49. The second kappa shape index (κ2) is 4.14. The fourth-order valence-corrected chi connectivity index (χ4v) is 1.86. The average molecular weight is 263 g/mol. The molecule has 1 aromatic carbocycles. The zero-order valence-corrected chi connectivity index (χ0v) is 9.39. The Balaban J connectivity index is 2.29. The fraction of sp³-hybridized carbons (Fsp3) is 0.300. The summed E-state index contributed by atoms with van der Waals surface area (Å²) in [6.07, 6.45) is -4.26. The minimum Gasteiger partial charge on any atom is -0.406 e. The highest BCUT2D eigenvalue weighted by Crippen LogP contribution is 2.28. The molecule has 1 aromatic rings. The van der Waals surface area contributed by atoms with Crippen LogP contribution in [0.4, 0.5) is 13.2 Å². The lowest BCUT2D eigenvalue weighted by atomic mass is 10.0. The van der Waals surface area contributed by atoms with Crippen LogP contribution >= 0.6 is 12.8 Å². The number of hydrogen-bond acceptors (Lipinski definition) is 3. The summed E-state index contributed by atoms with van der Waals surface area (Å²) in [5.74, 6) is -0.621. The lowest BCUT2D eigenvalue weighted by molar-refractivity contribution is -0.274. The van der Waals surface area contributed by atoms with Gasteiger partial charge in [-0.2, -0.15) is 0 Å². The van der Waals surface area contributed by atoms with E-state index >= 15 is 0 Å². The molecule has 0 radical (unpaired) electrons. The molecule has 0 bridgehead atoms. The summed E-state index contributed by atoms with van der Waals surface area (Å²) in [4.78, 5) is 11.6. The van der Waals surface area contributed by atoms with Crippen molar-refractivity contribution in [1.29, 1.82) is 0 Å². The van der Waals surface area contributed by atoms with Crippen molar-refractivity contribution in [2.75, 3.05) is 6.54 Å². The molecule has 1 heterocycles. The largest absolute Gasteiger partial charge is 0.573 e. The fourth-order valence-electron chi connectivity index (χ4n) is 1.65. The first-order valence-corrected chi connectivity index (χ1v) is 5.16. The van der Waals surface area contributed by atoms with E-state index in [1.807, 2.05) is 0 Å². The maximum atomic E-state index is 12.0. The number of alkyl halides is 3. The summed E-state index contributed by atoms with van der Waals surface area (Å²) in [6.45, 7) is 0.365. The van der Waals surface area contributed by atoms with Gasteiger partial charge in [0, 0.05) is 12.1 Å². The highest BCUT2D eigenvalue weighted by Gasteiger charge is 2.32. The van der Waals surface area contributed by atoms with E-state index in [2.05, 4.69) is 17.6 Å². The lowest BCUT2D eigenvalue weighted by Gasteiger charge is -2.23. The zero-order chi connectivity index (χ0) is 12.6. The Morgan fingerprint density at radius 3 is 2.71 bits per heavy atom. The van der Waals surface area contributed by atoms with Crippen LogP contribution in [0.1, 0.15) is 15.9 Å². The van der Waals surface area contributed by atoms with E-state index in [1.165, 1.54) is 16.4 Å². The van der Waals surface area contributed by atoms with Crippen LogP contribution in [0.3, 0.4) is 0 Å². The van der Waals surface area contributed by atoms with Gasteiger partial charge in [-0.05, 0) is 30.2 Å². The molecule has 7 heteroatoms. The number of thiol groups is 1. The topological polar surface area (TPSA) is 29.5 Å². The van der Waals surface area contributed by atoms with Crippen LogP contribution in [0, 0.1) is 0 Å². The number of benzene rings is 1. The van der Waals surface area contributed by atoms with Crippen LogP contribution in [0.2, 0.25) is 0 Å². The third-order valence-corrected chi connectivity index (χ3v) is 2.75. The monoisotopic (exact) mass is 263 g/mol. The highest BCUT2D eigenvalue weighted by atomic mass is 32.1. The van der Waals surface area contributed by atoms with Gasteiger partial charge in [-0.15, -0.1) is 13.2 Å². The maximum Gasteiger partial charge on any atom is 0.573 e. The van der Waals surface area contributed by atoms with Crippen molar-refractivity contribution >= 4 is 18.7 Å². The van der Waals surface area contributed by atoms with Crippen molar-refractivity contribution in [3.8, 4) is 5.75 Å². The first-order valence-electron chi connectivity index (χ1n) is 4.76. The number of carbonyl (C=O) groups excluding carboxylic acids is 1. The van der Waals surface area contributed by atoms with Crippen molar-refractivity contribution in [2.45, 2.75) is 12.8 Å². The first-order chi connectivity index (χ1) is 7.87. The number of nitrogens with zero attached hydrogens (tertiary/aromatic N) is 1. The molecule has 92 valence electrons. The number of rotatable bonds is 1. The molecule has 0 aromatic heterocycles. The second-order valence-electron chi connectivity index (χ2n) is 3.55. The third-order valence-electron chi connectivity index (χ3n) is 2.37. The minimum absolute atomic E-state index is 0.309. The Labute approximate surface area is 101 Å². The van der Waals surface area contributed by atoms with Gasteiger partial charge < -0.3 is 4.74 Å². The Morgan fingerprint density at radius 1 is 1.35 bits per heavy atom. The van der Waals surface area contributed by atoms with Crippen molar-refractivity contribution in [3.05, 3.63) is 29.3 Å². The van der Waals surface area contributed by atoms with Gasteiger partial charge in [0.15, 0.2) is 0 Å². The van der Waals surface area contributed by atoms with Crippen LogP contribution in [0.15, 0.2) is 18.2 Å². The molecule has 17 heavy (non-hydrogen) atoms. The van der Waals surface area contributed by atoms with E-state index in [1.54, 1.807) is 0 Å². The standard InChI is InChI=1S/C10H8F3NO2S/c11-10(12,13)16-7-1-2-8-6(5-7)3-4-14(17)9(8)15/h1-2,5,17H,3-4H2. The molecule has 0 saturated heterocycles. The molecule has 1 aliphatic heterocycles. The van der Waals surface area contributed by atoms with E-state index in [0.717, 1.165) is 6.07 Å². The lowest BCUT2D eigenvalue weighted by Crippen LogP contribution is -2.30. The first kappa shape index (κ1) is 12.1. The van der Waals surface area contributed by atoms with Crippen molar-refractivity contribution in [2.24, 2.45) is 0 Å². The van der Waals surface area contributed by atoms with Gasteiger partial charge in [-0.25, -0.2) is 0 Å². The quantitative estimate of drug-likeness (QED) is 0.788. The van der Waals surface area contributed by atoms with Gasteiger partial charge in [0.2, 0.25) is 0 Å². The van der Waals surface area contributed by atoms with Gasteiger partial charge in [0.05, 0.1) is 0 Å². The van der Waals surface area contributed by atoms with Crippen LogP contribution in [0.25, 0.3) is 0 Å². The maximum absolute atomic E-state index is 12.0. The summed E-state index contributed by atoms with van der Waals surface area (Å²) in [5, 5.41) is 0. The summed E-state index contributed by atoms with van der Waals surface area (Å²) >= 11 is 3.95. The predicted octanol–water partition coefficient (Wildman–Crippen LogP) is 2.43. The van der Waals surface area contributed by atoms with Gasteiger partial charge in [0.25, 0.3) is 5.91 Å². The average Bonchev–Trinajstić information content (AvgIpc) is 2.21. The Bertz CT molecular complexity index is 461. The summed E-state index contributed by atoms with van der Waals surface area (Å²) in [6, 6.07) is 3.68.